The molecule has 0 aliphatic carbocycles. The third-order valence-corrected chi connectivity index (χ3v) is 8.04. The maximum atomic E-state index is 11.0. The lowest BCUT2D eigenvalue weighted by Gasteiger charge is -2.20. The Balaban J connectivity index is 3.57. The summed E-state index contributed by atoms with van der Waals surface area (Å²) in [6.45, 7) is 10.0. The summed E-state index contributed by atoms with van der Waals surface area (Å²) in [5, 5.41) is 0. The quantitative estimate of drug-likeness (QED) is 0.297. The van der Waals surface area contributed by atoms with E-state index in [1.807, 2.05) is 0 Å². The molecule has 0 aromatic heterocycles. The minimum atomic E-state index is -1.43. The second-order valence-electron chi connectivity index (χ2n) is 3.98. The number of hydrogen-bond donors (Lipinski definition) is 0. The molecule has 0 aromatic carbocycles. The molecule has 0 bridgehead atoms. The fraction of sp³-hybridized carbons (Fsp3) is 0.667. The lowest BCUT2D eigenvalue weighted by atomic mass is 10.4. The zero-order valence-electron chi connectivity index (χ0n) is 9.55. The van der Waals surface area contributed by atoms with Crippen LogP contribution >= 0.6 is 0 Å². The number of carbonyl (C=O) groups excluding carboxylic acids is 1. The predicted octanol–water partition coefficient (Wildman–Crippen LogP) is 0.998. The third-order valence-electron chi connectivity index (χ3n) is 2.06. The standard InChI is InChI=1S/C9H20O3Si2/c1-8(2)9(10)11-6-5-7-14(3,4)12-13/h1,5-7H2,2-4,13H3. The van der Waals surface area contributed by atoms with Crippen molar-refractivity contribution in [2.45, 2.75) is 32.5 Å². The number of carbonyl (C=O) groups is 1. The van der Waals surface area contributed by atoms with Gasteiger partial charge in [-0.25, -0.2) is 4.79 Å². The van der Waals surface area contributed by atoms with Gasteiger partial charge in [-0.3, -0.25) is 0 Å². The topological polar surface area (TPSA) is 35.5 Å². The molecule has 0 aliphatic heterocycles. The molecule has 0 saturated heterocycles. The van der Waals surface area contributed by atoms with Crippen molar-refractivity contribution in [1.29, 1.82) is 0 Å². The highest BCUT2D eigenvalue weighted by molar-refractivity contribution is 6.73. The molecule has 0 radical (unpaired) electrons. The first-order valence-corrected chi connectivity index (χ1v) is 8.70. The van der Waals surface area contributed by atoms with Gasteiger partial charge in [-0.15, -0.1) is 0 Å². The van der Waals surface area contributed by atoms with E-state index < -0.39 is 8.32 Å². The van der Waals surface area contributed by atoms with Gasteiger partial charge in [-0.1, -0.05) is 6.58 Å². The molecule has 14 heavy (non-hydrogen) atoms. The summed E-state index contributed by atoms with van der Waals surface area (Å²) in [5.41, 5.74) is 0.459. The highest BCUT2D eigenvalue weighted by Gasteiger charge is 2.19. The van der Waals surface area contributed by atoms with Gasteiger partial charge in [-0.2, -0.15) is 0 Å². The van der Waals surface area contributed by atoms with Crippen molar-refractivity contribution >= 4 is 24.8 Å². The van der Waals surface area contributed by atoms with Gasteiger partial charge in [-0.05, 0) is 32.5 Å². The maximum absolute atomic E-state index is 11.0. The van der Waals surface area contributed by atoms with E-state index in [4.69, 9.17) is 8.85 Å². The van der Waals surface area contributed by atoms with Crippen molar-refractivity contribution in [2.75, 3.05) is 6.61 Å². The molecule has 0 atom stereocenters. The van der Waals surface area contributed by atoms with Crippen molar-refractivity contribution < 1.29 is 13.6 Å². The molecular formula is C9H20O3Si2. The molecule has 0 saturated carbocycles. The number of rotatable bonds is 6. The molecule has 0 unspecified atom stereocenters. The Morgan fingerprint density at radius 1 is 1.50 bits per heavy atom. The van der Waals surface area contributed by atoms with E-state index in [2.05, 4.69) is 19.7 Å². The summed E-state index contributed by atoms with van der Waals surface area (Å²) in [7, 11) is -0.629. The SMILES string of the molecule is C=C(C)C(=O)OCCC[Si](C)(C)O[SiH3]. The monoisotopic (exact) mass is 232 g/mol. The molecule has 0 aromatic rings. The van der Waals surface area contributed by atoms with Crippen LogP contribution in [-0.2, 0) is 13.6 Å². The molecule has 0 N–H and O–H groups in total. The van der Waals surface area contributed by atoms with Crippen molar-refractivity contribution in [1.82, 2.24) is 0 Å². The van der Waals surface area contributed by atoms with Crippen LogP contribution in [0.2, 0.25) is 19.1 Å². The Hall–Kier alpha value is -0.396. The molecule has 3 nitrogen and oxygen atoms in total. The van der Waals surface area contributed by atoms with Crippen molar-refractivity contribution in [3.8, 4) is 0 Å². The summed E-state index contributed by atoms with van der Waals surface area (Å²) >= 11 is 0. The average Bonchev–Trinajstić information content (AvgIpc) is 2.12. The minimum absolute atomic E-state index is 0.295. The lowest BCUT2D eigenvalue weighted by Crippen LogP contribution is -2.29. The number of esters is 1. The summed E-state index contributed by atoms with van der Waals surface area (Å²) in [4.78, 5) is 11.0. The summed E-state index contributed by atoms with van der Waals surface area (Å²) in [6.07, 6.45) is 0.889. The molecule has 0 heterocycles. The van der Waals surface area contributed by atoms with Crippen LogP contribution in [0, 0.1) is 0 Å². The molecule has 5 heteroatoms. The fourth-order valence-electron chi connectivity index (χ4n) is 0.888. The molecular weight excluding hydrogens is 212 g/mol. The average molecular weight is 232 g/mol. The molecule has 0 spiro atoms. The van der Waals surface area contributed by atoms with E-state index in [1.165, 1.54) is 0 Å². The van der Waals surface area contributed by atoms with Crippen molar-refractivity contribution in [2.24, 2.45) is 0 Å². The molecule has 0 rings (SSSR count). The first-order chi connectivity index (χ1) is 6.39. The summed E-state index contributed by atoms with van der Waals surface area (Å²) in [5.74, 6) is -0.295. The summed E-state index contributed by atoms with van der Waals surface area (Å²) < 4.78 is 10.5. The van der Waals surface area contributed by atoms with Gasteiger partial charge in [0, 0.05) is 5.57 Å². The smallest absolute Gasteiger partial charge is 0.333 e. The van der Waals surface area contributed by atoms with E-state index in [9.17, 15) is 4.79 Å². The van der Waals surface area contributed by atoms with E-state index >= 15 is 0 Å². The first-order valence-electron chi connectivity index (χ1n) is 4.77. The normalized spacial score (nSPS) is 11.4. The van der Waals surface area contributed by atoms with Gasteiger partial charge in [0.2, 0.25) is 0 Å². The van der Waals surface area contributed by atoms with Crippen LogP contribution in [-0.4, -0.2) is 31.4 Å². The van der Waals surface area contributed by atoms with E-state index in [-0.39, 0.29) is 5.97 Å². The molecule has 0 aliphatic rings. The highest BCUT2D eigenvalue weighted by Crippen LogP contribution is 2.11. The van der Waals surface area contributed by atoms with E-state index in [1.54, 1.807) is 6.92 Å². The van der Waals surface area contributed by atoms with Gasteiger partial charge in [0.15, 0.2) is 8.32 Å². The van der Waals surface area contributed by atoms with Gasteiger partial charge in [0.05, 0.1) is 6.61 Å². The summed E-state index contributed by atoms with van der Waals surface area (Å²) in [6, 6.07) is 1.04. The zero-order valence-corrected chi connectivity index (χ0v) is 12.6. The van der Waals surface area contributed by atoms with Crippen molar-refractivity contribution in [3.63, 3.8) is 0 Å². The van der Waals surface area contributed by atoms with Crippen LogP contribution in [0.25, 0.3) is 0 Å². The molecule has 0 fully saturated rings. The van der Waals surface area contributed by atoms with Gasteiger partial charge < -0.3 is 8.85 Å². The first kappa shape index (κ1) is 13.6. The Bertz CT molecular complexity index is 214. The minimum Gasteiger partial charge on any atom is -0.463 e. The largest absolute Gasteiger partial charge is 0.463 e. The fourth-order valence-corrected chi connectivity index (χ4v) is 2.70. The second kappa shape index (κ2) is 6.16. The van der Waals surface area contributed by atoms with Crippen LogP contribution in [0.15, 0.2) is 12.2 Å². The third kappa shape index (κ3) is 6.12. The Morgan fingerprint density at radius 3 is 2.50 bits per heavy atom. The van der Waals surface area contributed by atoms with E-state index in [0.29, 0.717) is 12.2 Å². The Morgan fingerprint density at radius 2 is 2.07 bits per heavy atom. The number of ether oxygens (including phenoxy) is 1. The van der Waals surface area contributed by atoms with Crippen LogP contribution in [0.1, 0.15) is 13.3 Å². The predicted molar refractivity (Wildman–Crippen MR) is 63.7 cm³/mol. The van der Waals surface area contributed by atoms with E-state index in [0.717, 1.165) is 23.0 Å². The van der Waals surface area contributed by atoms with Crippen LogP contribution in [0.5, 0.6) is 0 Å². The van der Waals surface area contributed by atoms with Crippen LogP contribution in [0.4, 0.5) is 0 Å². The lowest BCUT2D eigenvalue weighted by molar-refractivity contribution is -0.138. The second-order valence-corrected chi connectivity index (χ2v) is 9.64. The van der Waals surface area contributed by atoms with Gasteiger partial charge >= 0.3 is 5.97 Å². The van der Waals surface area contributed by atoms with Gasteiger partial charge in [0.25, 0.3) is 0 Å². The van der Waals surface area contributed by atoms with Crippen LogP contribution in [0.3, 0.4) is 0 Å². The van der Waals surface area contributed by atoms with Crippen molar-refractivity contribution in [3.05, 3.63) is 12.2 Å². The molecule has 0 amide bonds. The zero-order chi connectivity index (χ0) is 11.2. The Kier molecular flexibility index (Phi) is 5.98. The van der Waals surface area contributed by atoms with Crippen LogP contribution < -0.4 is 0 Å². The Labute approximate surface area is 90.2 Å². The number of hydrogen-bond acceptors (Lipinski definition) is 3. The maximum Gasteiger partial charge on any atom is 0.333 e. The highest BCUT2D eigenvalue weighted by atomic mass is 28.4. The molecule has 82 valence electrons. The van der Waals surface area contributed by atoms with Gasteiger partial charge in [0.1, 0.15) is 10.5 Å².